The minimum Gasteiger partial charge on any atom is -0.356 e. The lowest BCUT2D eigenvalue weighted by molar-refractivity contribution is -0.126. The van der Waals surface area contributed by atoms with Gasteiger partial charge in [-0.15, -0.1) is 0 Å². The van der Waals surface area contributed by atoms with Crippen LogP contribution in [-0.4, -0.2) is 47.8 Å². The van der Waals surface area contributed by atoms with Crippen molar-refractivity contribution in [2.24, 2.45) is 5.92 Å². The van der Waals surface area contributed by atoms with E-state index in [1.807, 2.05) is 51.1 Å². The van der Waals surface area contributed by atoms with E-state index in [0.717, 1.165) is 41.0 Å². The Hall–Kier alpha value is -2.71. The van der Waals surface area contributed by atoms with Gasteiger partial charge in [0, 0.05) is 32.1 Å². The summed E-state index contributed by atoms with van der Waals surface area (Å²) in [4.78, 5) is 17.6. The van der Waals surface area contributed by atoms with Crippen LogP contribution in [0.15, 0.2) is 47.4 Å². The molecule has 0 saturated carbocycles. The van der Waals surface area contributed by atoms with Crippen LogP contribution < -0.4 is 5.32 Å². The van der Waals surface area contributed by atoms with Crippen molar-refractivity contribution in [1.29, 1.82) is 0 Å². The summed E-state index contributed by atoms with van der Waals surface area (Å²) in [7, 11) is -3.53. The second-order valence-electron chi connectivity index (χ2n) is 8.89. The van der Waals surface area contributed by atoms with Gasteiger partial charge >= 0.3 is 0 Å². The van der Waals surface area contributed by atoms with E-state index in [0.29, 0.717) is 37.4 Å². The normalized spacial score (nSPS) is 15.7. The summed E-state index contributed by atoms with van der Waals surface area (Å²) in [6, 6.07) is 13.5. The summed E-state index contributed by atoms with van der Waals surface area (Å²) in [5.41, 5.74) is 3.90. The lowest BCUT2D eigenvalue weighted by Crippen LogP contribution is -2.43. The molecule has 3 aromatic rings. The van der Waals surface area contributed by atoms with Gasteiger partial charge in [0.25, 0.3) is 0 Å². The monoisotopic (exact) mass is 468 g/mol. The van der Waals surface area contributed by atoms with E-state index in [1.165, 1.54) is 4.31 Å². The van der Waals surface area contributed by atoms with Crippen LogP contribution in [0.2, 0.25) is 0 Å². The Kier molecular flexibility index (Phi) is 6.86. The van der Waals surface area contributed by atoms with Gasteiger partial charge < -0.3 is 9.88 Å². The number of aromatic nitrogens is 2. The summed E-state index contributed by atoms with van der Waals surface area (Å²) in [5, 5.41) is 3.04. The van der Waals surface area contributed by atoms with Crippen LogP contribution in [0.1, 0.15) is 36.2 Å². The molecule has 1 aromatic heterocycles. The number of carbonyl (C=O) groups excluding carboxylic acids is 1. The van der Waals surface area contributed by atoms with Crippen LogP contribution in [0.5, 0.6) is 0 Å². The molecule has 176 valence electrons. The number of amides is 1. The van der Waals surface area contributed by atoms with Crippen molar-refractivity contribution in [3.05, 3.63) is 59.4 Å². The number of piperidine rings is 1. The first-order valence-corrected chi connectivity index (χ1v) is 13.0. The largest absolute Gasteiger partial charge is 0.356 e. The summed E-state index contributed by atoms with van der Waals surface area (Å²) in [5.74, 6) is 0.845. The fourth-order valence-electron chi connectivity index (χ4n) is 4.66. The van der Waals surface area contributed by atoms with Crippen molar-refractivity contribution in [2.75, 3.05) is 19.6 Å². The molecule has 0 bridgehead atoms. The Morgan fingerprint density at radius 3 is 2.55 bits per heavy atom. The maximum atomic E-state index is 13.1. The fraction of sp³-hybridized carbons (Fsp3) is 0.440. The molecule has 1 aliphatic rings. The van der Waals surface area contributed by atoms with Crippen molar-refractivity contribution >= 4 is 27.0 Å². The van der Waals surface area contributed by atoms with E-state index in [4.69, 9.17) is 0 Å². The number of hydrogen-bond acceptors (Lipinski definition) is 4. The number of para-hydroxylation sites is 2. The SMILES string of the molecule is Cc1ccc(S(=O)(=O)N2CCC(C(=O)NCCCn3c(C)nc4ccccc43)CC2)c(C)c1. The topological polar surface area (TPSA) is 84.3 Å². The maximum Gasteiger partial charge on any atom is 0.243 e. The van der Waals surface area contributed by atoms with Gasteiger partial charge in [0.15, 0.2) is 0 Å². The molecule has 2 heterocycles. The van der Waals surface area contributed by atoms with Crippen molar-refractivity contribution in [1.82, 2.24) is 19.2 Å². The smallest absolute Gasteiger partial charge is 0.243 e. The van der Waals surface area contributed by atoms with E-state index in [2.05, 4.69) is 20.9 Å². The van der Waals surface area contributed by atoms with Crippen LogP contribution >= 0.6 is 0 Å². The molecule has 0 aliphatic carbocycles. The molecule has 2 aromatic carbocycles. The molecule has 8 heteroatoms. The third-order valence-electron chi connectivity index (χ3n) is 6.48. The highest BCUT2D eigenvalue weighted by Gasteiger charge is 2.32. The quantitative estimate of drug-likeness (QED) is 0.537. The Morgan fingerprint density at radius 2 is 1.82 bits per heavy atom. The van der Waals surface area contributed by atoms with Crippen LogP contribution in [-0.2, 0) is 21.4 Å². The van der Waals surface area contributed by atoms with Gasteiger partial charge in [0.05, 0.1) is 15.9 Å². The standard InChI is InChI=1S/C25H32N4O3S/c1-18-9-10-24(19(2)17-18)33(31,32)28-15-11-21(12-16-28)25(30)26-13-6-14-29-20(3)27-22-7-4-5-8-23(22)29/h4-5,7-10,17,21H,6,11-16H2,1-3H3,(H,26,30). The number of rotatable bonds is 7. The first-order valence-electron chi connectivity index (χ1n) is 11.5. The second kappa shape index (κ2) is 9.65. The van der Waals surface area contributed by atoms with E-state index in [1.54, 1.807) is 6.07 Å². The Bertz CT molecular complexity index is 1260. The van der Waals surface area contributed by atoms with Gasteiger partial charge in [-0.1, -0.05) is 29.8 Å². The number of imidazole rings is 1. The number of carbonyl (C=O) groups is 1. The van der Waals surface area contributed by atoms with Gasteiger partial charge in [-0.2, -0.15) is 4.31 Å². The van der Waals surface area contributed by atoms with Crippen LogP contribution in [0.25, 0.3) is 11.0 Å². The molecule has 0 spiro atoms. The van der Waals surface area contributed by atoms with Crippen molar-refractivity contribution in [3.63, 3.8) is 0 Å². The molecule has 0 atom stereocenters. The molecule has 4 rings (SSSR count). The van der Waals surface area contributed by atoms with E-state index in [9.17, 15) is 13.2 Å². The summed E-state index contributed by atoms with van der Waals surface area (Å²) < 4.78 is 29.8. The van der Waals surface area contributed by atoms with Crippen LogP contribution in [0.3, 0.4) is 0 Å². The van der Waals surface area contributed by atoms with Crippen LogP contribution in [0, 0.1) is 26.7 Å². The summed E-state index contributed by atoms with van der Waals surface area (Å²) in [6.45, 7) is 7.89. The fourth-order valence-corrected chi connectivity index (χ4v) is 6.33. The molecule has 1 saturated heterocycles. The number of aryl methyl sites for hydroxylation is 4. The van der Waals surface area contributed by atoms with Gasteiger partial charge in [0.1, 0.15) is 5.82 Å². The number of nitrogens with one attached hydrogen (secondary N) is 1. The lowest BCUT2D eigenvalue weighted by atomic mass is 9.97. The highest BCUT2D eigenvalue weighted by molar-refractivity contribution is 7.89. The predicted octanol–water partition coefficient (Wildman–Crippen LogP) is 3.57. The third kappa shape index (κ3) is 4.96. The first-order chi connectivity index (χ1) is 15.8. The van der Waals surface area contributed by atoms with E-state index >= 15 is 0 Å². The molecular formula is C25H32N4O3S. The molecule has 1 aliphatic heterocycles. The number of sulfonamides is 1. The zero-order valence-electron chi connectivity index (χ0n) is 19.5. The Labute approximate surface area is 195 Å². The number of hydrogen-bond donors (Lipinski definition) is 1. The average Bonchev–Trinajstić information content (AvgIpc) is 3.11. The van der Waals surface area contributed by atoms with E-state index < -0.39 is 10.0 Å². The zero-order chi connectivity index (χ0) is 23.6. The molecule has 1 amide bonds. The van der Waals surface area contributed by atoms with Gasteiger partial charge in [-0.05, 0) is 63.8 Å². The molecule has 1 fully saturated rings. The minimum absolute atomic E-state index is 0.0192. The van der Waals surface area contributed by atoms with Crippen molar-refractivity contribution < 1.29 is 13.2 Å². The van der Waals surface area contributed by atoms with E-state index in [-0.39, 0.29) is 11.8 Å². The average molecular weight is 469 g/mol. The highest BCUT2D eigenvalue weighted by atomic mass is 32.2. The second-order valence-corrected chi connectivity index (χ2v) is 10.8. The summed E-state index contributed by atoms with van der Waals surface area (Å²) >= 11 is 0. The molecule has 0 unspecified atom stereocenters. The number of nitrogens with zero attached hydrogens (tertiary/aromatic N) is 3. The van der Waals surface area contributed by atoms with Gasteiger partial charge in [0.2, 0.25) is 15.9 Å². The first kappa shape index (κ1) is 23.4. The number of fused-ring (bicyclic) bond motifs is 1. The maximum absolute atomic E-state index is 13.1. The Morgan fingerprint density at radius 1 is 1.09 bits per heavy atom. The highest BCUT2D eigenvalue weighted by Crippen LogP contribution is 2.26. The molecular weight excluding hydrogens is 436 g/mol. The Balaban J connectivity index is 1.27. The minimum atomic E-state index is -3.53. The zero-order valence-corrected chi connectivity index (χ0v) is 20.4. The van der Waals surface area contributed by atoms with Crippen LogP contribution in [0.4, 0.5) is 0 Å². The van der Waals surface area contributed by atoms with Crippen molar-refractivity contribution in [3.8, 4) is 0 Å². The third-order valence-corrected chi connectivity index (χ3v) is 8.53. The summed E-state index contributed by atoms with van der Waals surface area (Å²) in [6.07, 6.45) is 1.90. The lowest BCUT2D eigenvalue weighted by Gasteiger charge is -2.31. The molecule has 1 N–H and O–H groups in total. The molecule has 0 radical (unpaired) electrons. The predicted molar refractivity (Wildman–Crippen MR) is 129 cm³/mol. The number of benzene rings is 2. The molecule has 7 nitrogen and oxygen atoms in total. The van der Waals surface area contributed by atoms with Gasteiger partial charge in [-0.25, -0.2) is 13.4 Å². The molecule has 33 heavy (non-hydrogen) atoms. The van der Waals surface area contributed by atoms with Crippen molar-refractivity contribution in [2.45, 2.75) is 51.5 Å². The van der Waals surface area contributed by atoms with Gasteiger partial charge in [-0.3, -0.25) is 4.79 Å².